The molecule has 1 amide bonds. The highest BCUT2D eigenvalue weighted by atomic mass is 16.7. The van der Waals surface area contributed by atoms with Gasteiger partial charge in [-0.2, -0.15) is 4.79 Å². The Morgan fingerprint density at radius 2 is 2.25 bits per heavy atom. The molecule has 72 valence electrons. The van der Waals surface area contributed by atoms with Gasteiger partial charge in [-0.25, -0.2) is 0 Å². The van der Waals surface area contributed by atoms with E-state index in [9.17, 15) is 10.0 Å². The fraction of sp³-hybridized carbons (Fsp3) is 0.857. The maximum absolute atomic E-state index is 11.2. The zero-order valence-electron chi connectivity index (χ0n) is 7.74. The Morgan fingerprint density at radius 1 is 1.75 bits per heavy atom. The zero-order chi connectivity index (χ0) is 9.78. The number of hydrogen-bond donors (Lipinski definition) is 1. The third-order valence-electron chi connectivity index (χ3n) is 1.46. The predicted molar refractivity (Wildman–Crippen MR) is 45.1 cm³/mol. The number of rotatable bonds is 3. The van der Waals surface area contributed by atoms with E-state index in [0.717, 1.165) is 0 Å². The molecule has 2 unspecified atom stereocenters. The second kappa shape index (κ2) is 4.39. The lowest BCUT2D eigenvalue weighted by Crippen LogP contribution is -2.44. The van der Waals surface area contributed by atoms with E-state index in [1.54, 1.807) is 13.8 Å². The van der Waals surface area contributed by atoms with Gasteiger partial charge in [0.15, 0.2) is 0 Å². The van der Waals surface area contributed by atoms with Crippen molar-refractivity contribution in [3.63, 3.8) is 0 Å². The molecule has 0 aliphatic carbocycles. The Labute approximate surface area is 72.3 Å². The number of amides is 1. The van der Waals surface area contributed by atoms with E-state index in [2.05, 4.69) is 4.74 Å². The van der Waals surface area contributed by atoms with Crippen LogP contribution in [0.5, 0.6) is 0 Å². The van der Waals surface area contributed by atoms with Crippen LogP contribution in [-0.2, 0) is 4.74 Å². The molecular formula is C7H16N2O3. The summed E-state index contributed by atoms with van der Waals surface area (Å²) in [4.78, 5) is 11.0. The highest BCUT2D eigenvalue weighted by Crippen LogP contribution is 2.02. The Bertz CT molecular complexity index is 157. The Morgan fingerprint density at radius 3 is 2.58 bits per heavy atom. The first-order valence-corrected chi connectivity index (χ1v) is 3.89. The van der Waals surface area contributed by atoms with E-state index in [0.29, 0.717) is 0 Å². The molecule has 0 saturated heterocycles. The lowest BCUT2D eigenvalue weighted by atomic mass is 10.4. The normalized spacial score (nSPS) is 18.1. The number of carbonyl (C=O) groups is 1. The lowest BCUT2D eigenvalue weighted by Gasteiger charge is -2.32. The van der Waals surface area contributed by atoms with Gasteiger partial charge in [0, 0.05) is 6.04 Å². The predicted octanol–water partition coefficient (Wildman–Crippen LogP) is 0.434. The van der Waals surface area contributed by atoms with Crippen molar-refractivity contribution >= 4 is 6.09 Å². The molecule has 12 heavy (non-hydrogen) atoms. The number of nitrogens with two attached hydrogens (primary N) is 1. The van der Waals surface area contributed by atoms with Crippen molar-refractivity contribution in [1.82, 2.24) is 0 Å². The molecule has 0 rings (SSSR count). The van der Waals surface area contributed by atoms with Crippen LogP contribution in [0, 0.1) is 5.21 Å². The van der Waals surface area contributed by atoms with Crippen molar-refractivity contribution in [2.75, 3.05) is 20.2 Å². The molecule has 0 heterocycles. The molecule has 0 aromatic carbocycles. The minimum absolute atomic E-state index is 0.0922. The van der Waals surface area contributed by atoms with Crippen LogP contribution >= 0.6 is 0 Å². The summed E-state index contributed by atoms with van der Waals surface area (Å²) < 4.78 is 3.65. The molecule has 0 aromatic rings. The van der Waals surface area contributed by atoms with E-state index < -0.39 is 10.7 Å². The minimum atomic E-state index is -1.01. The van der Waals surface area contributed by atoms with E-state index in [1.807, 2.05) is 0 Å². The van der Waals surface area contributed by atoms with Crippen LogP contribution in [0.3, 0.4) is 0 Å². The van der Waals surface area contributed by atoms with Crippen molar-refractivity contribution in [3.8, 4) is 0 Å². The third kappa shape index (κ3) is 3.66. The summed E-state index contributed by atoms with van der Waals surface area (Å²) in [6.45, 7) is 3.58. The maximum Gasteiger partial charge on any atom is 0.515 e. The number of quaternary nitrogens is 1. The second-order valence-corrected chi connectivity index (χ2v) is 2.97. The van der Waals surface area contributed by atoms with Crippen LogP contribution in [0.1, 0.15) is 13.8 Å². The molecule has 0 aliphatic rings. The van der Waals surface area contributed by atoms with E-state index in [-0.39, 0.29) is 19.2 Å². The summed E-state index contributed by atoms with van der Waals surface area (Å²) in [7, 11) is 1.25. The topological polar surface area (TPSA) is 75.4 Å². The molecule has 2 atom stereocenters. The highest BCUT2D eigenvalue weighted by Gasteiger charge is 2.21. The van der Waals surface area contributed by atoms with Gasteiger partial charge in [0.1, 0.15) is 6.61 Å². The van der Waals surface area contributed by atoms with Crippen molar-refractivity contribution in [1.29, 1.82) is 0 Å². The van der Waals surface area contributed by atoms with Crippen molar-refractivity contribution in [2.24, 2.45) is 5.73 Å². The largest absolute Gasteiger partial charge is 0.623 e. The molecule has 0 bridgehead atoms. The quantitative estimate of drug-likeness (QED) is 0.500. The van der Waals surface area contributed by atoms with E-state index in [1.165, 1.54) is 7.05 Å². The van der Waals surface area contributed by atoms with Crippen LogP contribution in [0.4, 0.5) is 4.79 Å². The van der Waals surface area contributed by atoms with Gasteiger partial charge in [-0.3, -0.25) is 4.65 Å². The molecule has 5 heteroatoms. The first kappa shape index (κ1) is 11.4. The van der Waals surface area contributed by atoms with Gasteiger partial charge in [0.2, 0.25) is 0 Å². The lowest BCUT2D eigenvalue weighted by molar-refractivity contribution is -0.783. The van der Waals surface area contributed by atoms with Gasteiger partial charge in [0.25, 0.3) is 0 Å². The number of hydroxylamine groups is 3. The SMILES string of the molecule is CC[N+](C)([O-])C(=O)OCC(C)N. The van der Waals surface area contributed by atoms with Crippen molar-refractivity contribution in [3.05, 3.63) is 5.21 Å². The van der Waals surface area contributed by atoms with Crippen molar-refractivity contribution in [2.45, 2.75) is 19.9 Å². The van der Waals surface area contributed by atoms with Crippen LogP contribution in [0.2, 0.25) is 0 Å². The monoisotopic (exact) mass is 176 g/mol. The number of hydrogen-bond acceptors (Lipinski definition) is 4. The summed E-state index contributed by atoms with van der Waals surface area (Å²) in [6.07, 6.45) is -0.783. The number of ether oxygens (including phenoxy) is 1. The van der Waals surface area contributed by atoms with Gasteiger partial charge in [-0.05, 0) is 13.8 Å². The van der Waals surface area contributed by atoms with Gasteiger partial charge in [-0.1, -0.05) is 0 Å². The molecule has 0 radical (unpaired) electrons. The number of nitrogens with zero attached hydrogens (tertiary/aromatic N) is 1. The highest BCUT2D eigenvalue weighted by molar-refractivity contribution is 5.59. The van der Waals surface area contributed by atoms with Gasteiger partial charge < -0.3 is 15.7 Å². The first-order valence-electron chi connectivity index (χ1n) is 3.89. The molecule has 0 spiro atoms. The average Bonchev–Trinajstić information content (AvgIpc) is 2.00. The average molecular weight is 176 g/mol. The summed E-state index contributed by atoms with van der Waals surface area (Å²) in [6, 6.07) is -0.231. The molecule has 0 saturated carbocycles. The van der Waals surface area contributed by atoms with Crippen molar-refractivity contribution < 1.29 is 14.2 Å². The first-order chi connectivity index (χ1) is 5.40. The molecule has 0 aliphatic heterocycles. The molecule has 0 aromatic heterocycles. The van der Waals surface area contributed by atoms with Crippen LogP contribution in [0.15, 0.2) is 0 Å². The second-order valence-electron chi connectivity index (χ2n) is 2.97. The Kier molecular flexibility index (Phi) is 4.16. The summed E-state index contributed by atoms with van der Waals surface area (Å²) in [5.74, 6) is 0. The fourth-order valence-corrected chi connectivity index (χ4v) is 0.468. The summed E-state index contributed by atoms with van der Waals surface area (Å²) in [5.41, 5.74) is 5.34. The van der Waals surface area contributed by atoms with Gasteiger partial charge in [0.05, 0.1) is 13.6 Å². The summed E-state index contributed by atoms with van der Waals surface area (Å²) in [5, 5.41) is 11.2. The standard InChI is InChI=1S/C7H16N2O3/c1-4-9(3,11)7(10)12-5-6(2)8/h6H,4-5,8H2,1-3H3. The molecule has 0 fully saturated rings. The minimum Gasteiger partial charge on any atom is -0.623 e. The van der Waals surface area contributed by atoms with Crippen LogP contribution < -0.4 is 5.73 Å². The fourth-order valence-electron chi connectivity index (χ4n) is 0.468. The maximum atomic E-state index is 11.2. The smallest absolute Gasteiger partial charge is 0.515 e. The van der Waals surface area contributed by atoms with E-state index in [4.69, 9.17) is 5.73 Å². The Balaban J connectivity index is 3.88. The Hall–Kier alpha value is -0.650. The van der Waals surface area contributed by atoms with Crippen LogP contribution in [-0.4, -0.2) is 37.0 Å². The van der Waals surface area contributed by atoms with E-state index >= 15 is 0 Å². The summed E-state index contributed by atoms with van der Waals surface area (Å²) >= 11 is 0. The third-order valence-corrected chi connectivity index (χ3v) is 1.46. The van der Waals surface area contributed by atoms with Crippen LogP contribution in [0.25, 0.3) is 0 Å². The van der Waals surface area contributed by atoms with Gasteiger partial charge in [-0.15, -0.1) is 0 Å². The molecule has 5 nitrogen and oxygen atoms in total. The molecule has 2 N–H and O–H groups in total. The van der Waals surface area contributed by atoms with Gasteiger partial charge >= 0.3 is 6.09 Å². The zero-order valence-corrected chi connectivity index (χ0v) is 7.74. The number of carbonyl (C=O) groups excluding carboxylic acids is 1. The molecular weight excluding hydrogens is 160 g/mol.